The second-order valence-electron chi connectivity index (χ2n) is 5.75. The van der Waals surface area contributed by atoms with Crippen molar-refractivity contribution >= 4 is 23.2 Å². The van der Waals surface area contributed by atoms with Crippen LogP contribution in [0, 0.1) is 0 Å². The molecule has 0 spiro atoms. The number of nitrogens with one attached hydrogen (secondary N) is 2. The summed E-state index contributed by atoms with van der Waals surface area (Å²) in [5.74, 6) is -0.256. The molecule has 2 aromatic rings. The monoisotopic (exact) mass is 346 g/mol. The van der Waals surface area contributed by atoms with Gasteiger partial charge in [0.25, 0.3) is 5.91 Å². The van der Waals surface area contributed by atoms with Crippen LogP contribution in [0.2, 0.25) is 0 Å². The fourth-order valence-electron chi connectivity index (χ4n) is 2.20. The highest BCUT2D eigenvalue weighted by molar-refractivity contribution is 7.12. The van der Waals surface area contributed by atoms with E-state index in [4.69, 9.17) is 0 Å². The highest BCUT2D eigenvalue weighted by atomic mass is 32.1. The van der Waals surface area contributed by atoms with Gasteiger partial charge in [0.05, 0.1) is 11.4 Å². The highest BCUT2D eigenvalue weighted by Gasteiger charge is 2.23. The van der Waals surface area contributed by atoms with Crippen molar-refractivity contribution in [2.75, 3.05) is 13.1 Å². The molecule has 3 N–H and O–H groups in total. The van der Waals surface area contributed by atoms with E-state index in [0.717, 1.165) is 5.56 Å². The van der Waals surface area contributed by atoms with E-state index in [1.807, 2.05) is 41.8 Å². The number of hydrogen-bond donors (Lipinski definition) is 3. The van der Waals surface area contributed by atoms with Crippen LogP contribution in [0.4, 0.5) is 0 Å². The molecule has 0 bridgehead atoms. The van der Waals surface area contributed by atoms with E-state index < -0.39 is 5.60 Å². The smallest absolute Gasteiger partial charge is 0.261 e. The van der Waals surface area contributed by atoms with Crippen LogP contribution in [0.15, 0.2) is 47.8 Å². The molecular weight excluding hydrogens is 324 g/mol. The number of aliphatic hydroxyl groups is 1. The predicted octanol–water partition coefficient (Wildman–Crippen LogP) is 2.28. The van der Waals surface area contributed by atoms with Gasteiger partial charge in [-0.2, -0.15) is 0 Å². The number of benzene rings is 1. The van der Waals surface area contributed by atoms with Crippen molar-refractivity contribution in [2.24, 2.45) is 0 Å². The Morgan fingerprint density at radius 3 is 2.54 bits per heavy atom. The molecule has 0 saturated heterocycles. The van der Waals surface area contributed by atoms with Crippen molar-refractivity contribution in [1.82, 2.24) is 10.6 Å². The van der Waals surface area contributed by atoms with Crippen LogP contribution in [0.5, 0.6) is 0 Å². The zero-order valence-corrected chi connectivity index (χ0v) is 14.4. The van der Waals surface area contributed by atoms with Gasteiger partial charge in [-0.25, -0.2) is 0 Å². The summed E-state index contributed by atoms with van der Waals surface area (Å²) in [4.78, 5) is 24.3. The Morgan fingerprint density at radius 2 is 1.88 bits per heavy atom. The molecule has 0 aliphatic heterocycles. The van der Waals surface area contributed by atoms with Gasteiger partial charge >= 0.3 is 0 Å². The van der Waals surface area contributed by atoms with Gasteiger partial charge in [0.2, 0.25) is 5.91 Å². The molecule has 0 aliphatic rings. The molecule has 1 heterocycles. The molecule has 1 atom stereocenters. The van der Waals surface area contributed by atoms with Gasteiger partial charge in [-0.3, -0.25) is 9.59 Å². The lowest BCUT2D eigenvalue weighted by Gasteiger charge is -2.24. The fraction of sp³-hybridized carbons (Fsp3) is 0.333. The van der Waals surface area contributed by atoms with Gasteiger partial charge in [0.15, 0.2) is 0 Å². The van der Waals surface area contributed by atoms with E-state index in [9.17, 15) is 14.7 Å². The third-order valence-corrected chi connectivity index (χ3v) is 4.51. The molecule has 6 heteroatoms. The molecule has 1 unspecified atom stereocenters. The Labute approximate surface area is 145 Å². The minimum absolute atomic E-state index is 0.114. The van der Waals surface area contributed by atoms with E-state index in [-0.39, 0.29) is 18.4 Å². The molecule has 2 amide bonds. The van der Waals surface area contributed by atoms with E-state index in [0.29, 0.717) is 24.3 Å². The lowest BCUT2D eigenvalue weighted by molar-refractivity contribution is -0.122. The SMILES string of the molecule is CC(O)(CNC(=O)CCCNC(=O)c1cccs1)c1ccccc1. The largest absolute Gasteiger partial charge is 0.384 e. The van der Waals surface area contributed by atoms with Crippen LogP contribution in [0.3, 0.4) is 0 Å². The molecular formula is C18H22N2O3S. The zero-order chi connectivity index (χ0) is 17.4. The molecule has 0 fully saturated rings. The number of carbonyl (C=O) groups excluding carboxylic acids is 2. The number of hydrogen-bond acceptors (Lipinski definition) is 4. The van der Waals surface area contributed by atoms with Gasteiger partial charge in [0, 0.05) is 13.0 Å². The molecule has 2 rings (SSSR count). The molecule has 0 saturated carbocycles. The summed E-state index contributed by atoms with van der Waals surface area (Å²) in [6.07, 6.45) is 0.853. The van der Waals surface area contributed by atoms with Crippen molar-refractivity contribution in [3.05, 3.63) is 58.3 Å². The first kappa shape index (κ1) is 18.2. The molecule has 5 nitrogen and oxygen atoms in total. The summed E-state index contributed by atoms with van der Waals surface area (Å²) >= 11 is 1.39. The Bertz CT molecular complexity index is 654. The summed E-state index contributed by atoms with van der Waals surface area (Å²) < 4.78 is 0. The Hall–Kier alpha value is -2.18. The van der Waals surface area contributed by atoms with Crippen molar-refractivity contribution in [3.63, 3.8) is 0 Å². The maximum absolute atomic E-state index is 11.9. The summed E-state index contributed by atoms with van der Waals surface area (Å²) in [5.41, 5.74) is -0.349. The standard InChI is InChI=1S/C18H22N2O3S/c1-18(23,14-7-3-2-4-8-14)13-20-16(21)10-5-11-19-17(22)15-9-6-12-24-15/h2-4,6-9,12,23H,5,10-11,13H2,1H3,(H,19,22)(H,20,21). The topological polar surface area (TPSA) is 78.4 Å². The lowest BCUT2D eigenvalue weighted by Crippen LogP contribution is -2.38. The number of thiophene rings is 1. The maximum atomic E-state index is 11.9. The third-order valence-electron chi connectivity index (χ3n) is 3.64. The zero-order valence-electron chi connectivity index (χ0n) is 13.6. The second kappa shape index (κ2) is 8.61. The molecule has 0 radical (unpaired) electrons. The summed E-state index contributed by atoms with van der Waals surface area (Å²) in [5, 5.41) is 17.8. The third kappa shape index (κ3) is 5.47. The first-order chi connectivity index (χ1) is 11.5. The predicted molar refractivity (Wildman–Crippen MR) is 94.9 cm³/mol. The van der Waals surface area contributed by atoms with E-state index in [1.165, 1.54) is 11.3 Å². The van der Waals surface area contributed by atoms with Crippen molar-refractivity contribution < 1.29 is 14.7 Å². The van der Waals surface area contributed by atoms with Crippen molar-refractivity contribution in [3.8, 4) is 0 Å². The second-order valence-corrected chi connectivity index (χ2v) is 6.70. The molecule has 0 aliphatic carbocycles. The Kier molecular flexibility index (Phi) is 6.52. The first-order valence-electron chi connectivity index (χ1n) is 7.85. The average Bonchev–Trinajstić information content (AvgIpc) is 3.12. The summed E-state index contributed by atoms with van der Waals surface area (Å²) in [7, 11) is 0. The van der Waals surface area contributed by atoms with Gasteiger partial charge in [0.1, 0.15) is 5.60 Å². The Balaban J connectivity index is 1.66. The summed E-state index contributed by atoms with van der Waals surface area (Å²) in [6, 6.07) is 12.8. The van der Waals surface area contributed by atoms with Crippen LogP contribution in [-0.4, -0.2) is 30.0 Å². The number of rotatable bonds is 8. The van der Waals surface area contributed by atoms with Crippen LogP contribution in [0.1, 0.15) is 35.0 Å². The van der Waals surface area contributed by atoms with Crippen LogP contribution < -0.4 is 10.6 Å². The molecule has 1 aromatic heterocycles. The lowest BCUT2D eigenvalue weighted by atomic mass is 9.96. The molecule has 1 aromatic carbocycles. The minimum Gasteiger partial charge on any atom is -0.384 e. The van der Waals surface area contributed by atoms with Crippen LogP contribution >= 0.6 is 11.3 Å². The molecule has 24 heavy (non-hydrogen) atoms. The normalized spacial score (nSPS) is 13.1. The van der Waals surface area contributed by atoms with Crippen molar-refractivity contribution in [2.45, 2.75) is 25.4 Å². The fourth-order valence-corrected chi connectivity index (χ4v) is 2.84. The maximum Gasteiger partial charge on any atom is 0.261 e. The Morgan fingerprint density at radius 1 is 1.12 bits per heavy atom. The summed E-state index contributed by atoms with van der Waals surface area (Å²) in [6.45, 7) is 2.26. The van der Waals surface area contributed by atoms with Gasteiger partial charge < -0.3 is 15.7 Å². The number of amides is 2. The highest BCUT2D eigenvalue weighted by Crippen LogP contribution is 2.18. The molecule has 128 valence electrons. The van der Waals surface area contributed by atoms with E-state index in [2.05, 4.69) is 10.6 Å². The van der Waals surface area contributed by atoms with Crippen LogP contribution in [0.25, 0.3) is 0 Å². The van der Waals surface area contributed by atoms with E-state index in [1.54, 1.807) is 13.0 Å². The van der Waals surface area contributed by atoms with Gasteiger partial charge in [-0.05, 0) is 30.4 Å². The van der Waals surface area contributed by atoms with Crippen LogP contribution in [-0.2, 0) is 10.4 Å². The number of carbonyl (C=O) groups is 2. The van der Waals surface area contributed by atoms with Gasteiger partial charge in [-0.1, -0.05) is 36.4 Å². The average molecular weight is 346 g/mol. The van der Waals surface area contributed by atoms with E-state index >= 15 is 0 Å². The van der Waals surface area contributed by atoms with Crippen molar-refractivity contribution in [1.29, 1.82) is 0 Å². The minimum atomic E-state index is -1.11. The first-order valence-corrected chi connectivity index (χ1v) is 8.73. The van der Waals surface area contributed by atoms with Gasteiger partial charge in [-0.15, -0.1) is 11.3 Å². The quantitative estimate of drug-likeness (QED) is 0.642.